The lowest BCUT2D eigenvalue weighted by Gasteiger charge is -2.26. The standard InChI is InChI=1S/C24H27N9O/c1-14(17-6-4-5-7-18(17)25)23-28-15(2)21(22(26)29-23)24(3,13-34)19-10-8-16(12-27-19)9-11-20-30-32-33-31-20/h4-8,10,12-13,32-33H,1,9,11,25H2,2-3H3,(H,30,31)(H2,26,28,29). The van der Waals surface area contributed by atoms with Crippen molar-refractivity contribution in [2.75, 3.05) is 11.5 Å². The number of hydrogen-bond acceptors (Lipinski definition) is 10. The van der Waals surface area contributed by atoms with E-state index in [0.717, 1.165) is 29.7 Å². The summed E-state index contributed by atoms with van der Waals surface area (Å²) in [6.45, 7) is 7.66. The molecule has 10 nitrogen and oxygen atoms in total. The minimum atomic E-state index is -1.12. The van der Waals surface area contributed by atoms with Crippen LogP contribution in [0.2, 0.25) is 0 Å². The minimum Gasteiger partial charge on any atom is -0.398 e. The van der Waals surface area contributed by atoms with E-state index >= 15 is 0 Å². The van der Waals surface area contributed by atoms with Crippen LogP contribution < -0.4 is 28.0 Å². The summed E-state index contributed by atoms with van der Waals surface area (Å²) < 4.78 is 0. The van der Waals surface area contributed by atoms with E-state index in [1.54, 1.807) is 26.1 Å². The zero-order valence-corrected chi connectivity index (χ0v) is 19.1. The molecule has 0 radical (unpaired) electrons. The molecule has 0 saturated carbocycles. The zero-order valence-electron chi connectivity index (χ0n) is 19.1. The highest BCUT2D eigenvalue weighted by Gasteiger charge is 2.35. The van der Waals surface area contributed by atoms with Crippen LogP contribution in [-0.4, -0.2) is 27.1 Å². The minimum absolute atomic E-state index is 0.198. The normalized spacial score (nSPS) is 14.5. The number of pyridine rings is 1. The van der Waals surface area contributed by atoms with Gasteiger partial charge in [-0.05, 0) is 38.0 Å². The first-order chi connectivity index (χ1) is 16.3. The summed E-state index contributed by atoms with van der Waals surface area (Å²) in [6.07, 6.45) is 4.04. The van der Waals surface area contributed by atoms with Gasteiger partial charge in [-0.25, -0.2) is 15.5 Å². The molecule has 3 heterocycles. The molecule has 174 valence electrons. The lowest BCUT2D eigenvalue weighted by Crippen LogP contribution is -2.35. The number of aryl methyl sites for hydroxylation is 2. The second-order valence-electron chi connectivity index (χ2n) is 8.25. The molecule has 3 aromatic rings. The van der Waals surface area contributed by atoms with Crippen molar-refractivity contribution in [1.29, 1.82) is 0 Å². The van der Waals surface area contributed by atoms with Gasteiger partial charge in [0.1, 0.15) is 17.9 Å². The number of hydrogen-bond donors (Lipinski definition) is 5. The van der Waals surface area contributed by atoms with Crippen LogP contribution in [0.5, 0.6) is 0 Å². The maximum atomic E-state index is 12.4. The molecule has 0 aliphatic carbocycles. The number of carbonyl (C=O) groups excluding carboxylic acids is 1. The van der Waals surface area contributed by atoms with Crippen molar-refractivity contribution in [2.24, 2.45) is 5.10 Å². The van der Waals surface area contributed by atoms with Gasteiger partial charge in [-0.2, -0.15) is 0 Å². The first-order valence-electron chi connectivity index (χ1n) is 10.8. The van der Waals surface area contributed by atoms with E-state index in [4.69, 9.17) is 11.5 Å². The summed E-state index contributed by atoms with van der Waals surface area (Å²) in [5.74, 6) is 1.37. The molecule has 0 saturated heterocycles. The predicted octanol–water partition coefficient (Wildman–Crippen LogP) is 1.77. The van der Waals surface area contributed by atoms with Crippen LogP contribution in [0.3, 0.4) is 0 Å². The van der Waals surface area contributed by atoms with E-state index in [9.17, 15) is 4.79 Å². The number of benzene rings is 1. The van der Waals surface area contributed by atoms with Gasteiger partial charge in [-0.1, -0.05) is 30.8 Å². The van der Waals surface area contributed by atoms with Crippen molar-refractivity contribution >= 4 is 29.2 Å². The van der Waals surface area contributed by atoms with Crippen LogP contribution in [0.15, 0.2) is 54.3 Å². The number of aromatic nitrogens is 3. The number of hydrazone groups is 1. The van der Waals surface area contributed by atoms with Crippen molar-refractivity contribution in [2.45, 2.75) is 32.1 Å². The van der Waals surface area contributed by atoms with Gasteiger partial charge >= 0.3 is 0 Å². The molecule has 1 unspecified atom stereocenters. The third-order valence-corrected chi connectivity index (χ3v) is 5.89. The van der Waals surface area contributed by atoms with Crippen molar-refractivity contribution in [1.82, 2.24) is 31.4 Å². The SMILES string of the molecule is C=C(c1nc(C)c(C(C)(C=O)c2ccc(CCC3=NNNN3)cn2)c(N)n1)c1ccccc1N. The highest BCUT2D eigenvalue weighted by molar-refractivity contribution is 5.83. The Morgan fingerprint density at radius 3 is 2.56 bits per heavy atom. The molecule has 34 heavy (non-hydrogen) atoms. The highest BCUT2D eigenvalue weighted by Crippen LogP contribution is 2.35. The van der Waals surface area contributed by atoms with Crippen LogP contribution in [0, 0.1) is 6.92 Å². The van der Waals surface area contributed by atoms with Gasteiger partial charge < -0.3 is 16.3 Å². The fourth-order valence-corrected chi connectivity index (χ4v) is 4.00. The Labute approximate surface area is 197 Å². The molecule has 0 amide bonds. The van der Waals surface area contributed by atoms with Crippen molar-refractivity contribution < 1.29 is 4.79 Å². The number of nitrogens with zero attached hydrogens (tertiary/aromatic N) is 4. The number of nitrogens with one attached hydrogen (secondary N) is 3. The molecule has 1 atom stereocenters. The van der Waals surface area contributed by atoms with Crippen LogP contribution >= 0.6 is 0 Å². The summed E-state index contributed by atoms with van der Waals surface area (Å²) in [4.78, 5) is 26.0. The quantitative estimate of drug-likeness (QED) is 0.251. The first kappa shape index (κ1) is 22.9. The van der Waals surface area contributed by atoms with Gasteiger partial charge in [-0.3, -0.25) is 10.4 Å². The topological polar surface area (TPSA) is 156 Å². The van der Waals surface area contributed by atoms with Crippen molar-refractivity contribution in [3.05, 3.63) is 83.1 Å². The number of nitrogen functional groups attached to an aromatic ring is 2. The van der Waals surface area contributed by atoms with Gasteiger partial charge in [-0.15, -0.1) is 10.6 Å². The summed E-state index contributed by atoms with van der Waals surface area (Å²) >= 11 is 0. The number of anilines is 2. The fraction of sp³-hybridized carbons (Fsp3) is 0.208. The van der Waals surface area contributed by atoms with Crippen molar-refractivity contribution in [3.8, 4) is 0 Å². The zero-order chi connectivity index (χ0) is 24.3. The molecule has 0 spiro atoms. The maximum absolute atomic E-state index is 12.4. The number of para-hydroxylation sites is 1. The summed E-state index contributed by atoms with van der Waals surface area (Å²) in [5, 5.41) is 4.06. The van der Waals surface area contributed by atoms with Crippen molar-refractivity contribution in [3.63, 3.8) is 0 Å². The number of rotatable bonds is 8. The summed E-state index contributed by atoms with van der Waals surface area (Å²) in [5.41, 5.74) is 24.1. The summed E-state index contributed by atoms with van der Waals surface area (Å²) in [6, 6.07) is 11.1. The summed E-state index contributed by atoms with van der Waals surface area (Å²) in [7, 11) is 0. The Morgan fingerprint density at radius 1 is 1.15 bits per heavy atom. The molecule has 1 aliphatic heterocycles. The van der Waals surface area contributed by atoms with E-state index in [-0.39, 0.29) is 5.82 Å². The van der Waals surface area contributed by atoms with E-state index in [0.29, 0.717) is 40.5 Å². The van der Waals surface area contributed by atoms with Gasteiger partial charge in [0.15, 0.2) is 5.82 Å². The monoisotopic (exact) mass is 457 g/mol. The predicted molar refractivity (Wildman–Crippen MR) is 132 cm³/mol. The molecule has 10 heteroatoms. The Kier molecular flexibility index (Phi) is 6.24. The fourth-order valence-electron chi connectivity index (χ4n) is 4.00. The molecule has 2 aromatic heterocycles. The number of aldehydes is 1. The van der Waals surface area contributed by atoms with Gasteiger partial charge in [0.2, 0.25) is 0 Å². The number of amidine groups is 1. The third-order valence-electron chi connectivity index (χ3n) is 5.89. The molecule has 4 rings (SSSR count). The molecule has 0 bridgehead atoms. The second-order valence-corrected chi connectivity index (χ2v) is 8.25. The van der Waals surface area contributed by atoms with E-state index in [1.165, 1.54) is 0 Å². The number of carbonyl (C=O) groups is 1. The molecular formula is C24H27N9O. The van der Waals surface area contributed by atoms with Crippen LogP contribution in [0.25, 0.3) is 5.57 Å². The first-order valence-corrected chi connectivity index (χ1v) is 10.8. The molecule has 0 fully saturated rings. The van der Waals surface area contributed by atoms with Crippen LogP contribution in [0.1, 0.15) is 47.2 Å². The average molecular weight is 458 g/mol. The van der Waals surface area contributed by atoms with E-state index < -0.39 is 5.41 Å². The molecular weight excluding hydrogens is 430 g/mol. The van der Waals surface area contributed by atoms with Gasteiger partial charge in [0.05, 0.1) is 11.1 Å². The largest absolute Gasteiger partial charge is 0.398 e. The second kappa shape index (κ2) is 9.28. The van der Waals surface area contributed by atoms with Crippen LogP contribution in [0.4, 0.5) is 11.5 Å². The maximum Gasteiger partial charge on any atom is 0.161 e. The highest BCUT2D eigenvalue weighted by atomic mass is 16.1. The van der Waals surface area contributed by atoms with E-state index in [2.05, 4.69) is 43.1 Å². The Morgan fingerprint density at radius 2 is 1.94 bits per heavy atom. The Bertz CT molecular complexity index is 1250. The van der Waals surface area contributed by atoms with E-state index in [1.807, 2.05) is 30.3 Å². The Balaban J connectivity index is 1.63. The Hall–Kier alpha value is -4.31. The number of hydrazine groups is 2. The lowest BCUT2D eigenvalue weighted by molar-refractivity contribution is -0.111. The third kappa shape index (κ3) is 4.30. The number of nitrogens with two attached hydrogens (primary N) is 2. The lowest BCUT2D eigenvalue weighted by atomic mass is 9.79. The smallest absolute Gasteiger partial charge is 0.161 e. The van der Waals surface area contributed by atoms with Gasteiger partial charge in [0.25, 0.3) is 0 Å². The molecule has 1 aliphatic rings. The van der Waals surface area contributed by atoms with Gasteiger partial charge in [0, 0.05) is 40.7 Å². The average Bonchev–Trinajstić information content (AvgIpc) is 3.36. The molecule has 1 aromatic carbocycles. The molecule has 7 N–H and O–H groups in total. The van der Waals surface area contributed by atoms with Crippen LogP contribution in [-0.2, 0) is 16.6 Å².